The van der Waals surface area contributed by atoms with Gasteiger partial charge in [0.15, 0.2) is 0 Å². The highest BCUT2D eigenvalue weighted by atomic mass is 15.1. The average Bonchev–Trinajstić information content (AvgIpc) is 3.02. The highest BCUT2D eigenvalue weighted by Gasteiger charge is 2.18. The number of benzene rings is 6. The van der Waals surface area contributed by atoms with Crippen LogP contribution in [0.5, 0.6) is 0 Å². The van der Waals surface area contributed by atoms with Crippen molar-refractivity contribution in [3.05, 3.63) is 167 Å². The maximum Gasteiger partial charge on any atom is 0.0491 e. The largest absolute Gasteiger partial charge is 0.310 e. The maximum atomic E-state index is 2.35. The van der Waals surface area contributed by atoms with Gasteiger partial charge in [-0.15, -0.1) is 0 Å². The molecule has 0 amide bonds. The van der Waals surface area contributed by atoms with Crippen LogP contribution in [0.4, 0.5) is 34.1 Å². The number of nitrogens with zero attached hydrogens (tertiary/aromatic N) is 2. The molecule has 0 atom stereocenters. The predicted molar refractivity (Wildman–Crippen MR) is 190 cm³/mol. The van der Waals surface area contributed by atoms with E-state index in [0.29, 0.717) is 0 Å². The first-order valence-electron chi connectivity index (χ1n) is 15.4. The summed E-state index contributed by atoms with van der Waals surface area (Å²) in [7, 11) is 0. The first-order valence-corrected chi connectivity index (χ1v) is 15.4. The summed E-state index contributed by atoms with van der Waals surface area (Å²) < 4.78 is 0. The topological polar surface area (TPSA) is 6.48 Å². The van der Waals surface area contributed by atoms with Crippen LogP contribution in [0.3, 0.4) is 0 Å². The Bertz CT molecular complexity index is 1650. The van der Waals surface area contributed by atoms with Gasteiger partial charge >= 0.3 is 0 Å². The van der Waals surface area contributed by atoms with E-state index < -0.39 is 0 Å². The van der Waals surface area contributed by atoms with Gasteiger partial charge in [0.05, 0.1) is 0 Å². The lowest BCUT2D eigenvalue weighted by molar-refractivity contribution is 1.23. The van der Waals surface area contributed by atoms with Gasteiger partial charge in [-0.25, -0.2) is 0 Å². The minimum atomic E-state index is 1.16. The van der Waals surface area contributed by atoms with Crippen molar-refractivity contribution in [1.29, 1.82) is 0 Å². The molecule has 6 aromatic rings. The molecule has 0 aromatic heterocycles. The fourth-order valence-electron chi connectivity index (χ4n) is 5.80. The third-order valence-electron chi connectivity index (χ3n) is 8.38. The lowest BCUT2D eigenvalue weighted by atomic mass is 9.98. The Balaban J connectivity index is 1.38. The van der Waals surface area contributed by atoms with Gasteiger partial charge in [-0.2, -0.15) is 0 Å². The Labute approximate surface area is 262 Å². The van der Waals surface area contributed by atoms with Gasteiger partial charge in [0.2, 0.25) is 0 Å². The van der Waals surface area contributed by atoms with Gasteiger partial charge in [-0.3, -0.25) is 0 Å². The summed E-state index contributed by atoms with van der Waals surface area (Å²) in [4.78, 5) is 4.71. The molecule has 0 saturated carbocycles. The normalized spacial score (nSPS) is 11.0. The van der Waals surface area contributed by atoms with Crippen LogP contribution in [0.15, 0.2) is 133 Å². The average molecular weight is 573 g/mol. The van der Waals surface area contributed by atoms with E-state index in [-0.39, 0.29) is 0 Å². The van der Waals surface area contributed by atoms with Crippen LogP contribution < -0.4 is 9.80 Å². The van der Waals surface area contributed by atoms with Crippen LogP contribution in [0.25, 0.3) is 11.1 Å². The molecular weight excluding hydrogens is 532 g/mol. The van der Waals surface area contributed by atoms with Gasteiger partial charge in [0.25, 0.3) is 0 Å². The summed E-state index contributed by atoms with van der Waals surface area (Å²) >= 11 is 0. The zero-order valence-corrected chi connectivity index (χ0v) is 26.6. The Morgan fingerprint density at radius 3 is 0.773 bits per heavy atom. The second kappa shape index (κ2) is 12.3. The molecule has 0 spiro atoms. The molecule has 0 heterocycles. The summed E-state index contributed by atoms with van der Waals surface area (Å²) in [5.41, 5.74) is 16.9. The smallest absolute Gasteiger partial charge is 0.0491 e. The van der Waals surface area contributed by atoms with Crippen LogP contribution in [-0.4, -0.2) is 0 Å². The summed E-state index contributed by atoms with van der Waals surface area (Å²) in [6, 6.07) is 48.8. The fourth-order valence-corrected chi connectivity index (χ4v) is 5.80. The third-order valence-corrected chi connectivity index (χ3v) is 8.38. The van der Waals surface area contributed by atoms with E-state index in [1.807, 2.05) is 0 Å². The lowest BCUT2D eigenvalue weighted by Crippen LogP contribution is -2.12. The van der Waals surface area contributed by atoms with Crippen molar-refractivity contribution in [3.63, 3.8) is 0 Å². The number of aryl methyl sites for hydroxylation is 6. The molecule has 0 unspecified atom stereocenters. The van der Waals surface area contributed by atoms with Gasteiger partial charge in [-0.1, -0.05) is 82.9 Å². The Morgan fingerprint density at radius 2 is 0.545 bits per heavy atom. The van der Waals surface area contributed by atoms with Gasteiger partial charge in [-0.05, 0) is 137 Å². The number of rotatable bonds is 7. The molecule has 2 heteroatoms. The second-order valence-corrected chi connectivity index (χ2v) is 12.0. The van der Waals surface area contributed by atoms with Crippen molar-refractivity contribution >= 4 is 34.1 Å². The second-order valence-electron chi connectivity index (χ2n) is 12.0. The Kier molecular flexibility index (Phi) is 8.09. The highest BCUT2D eigenvalue weighted by molar-refractivity contribution is 5.83. The molecule has 0 saturated heterocycles. The van der Waals surface area contributed by atoms with Gasteiger partial charge in [0, 0.05) is 34.1 Å². The summed E-state index contributed by atoms with van der Waals surface area (Å²) in [5, 5.41) is 0. The molecule has 6 rings (SSSR count). The highest BCUT2D eigenvalue weighted by Crippen LogP contribution is 2.41. The number of hydrogen-bond acceptors (Lipinski definition) is 2. The van der Waals surface area contributed by atoms with Crippen LogP contribution in [0.1, 0.15) is 33.4 Å². The molecule has 0 bridgehead atoms. The van der Waals surface area contributed by atoms with Gasteiger partial charge in [0.1, 0.15) is 0 Å². The molecule has 0 aliphatic carbocycles. The first-order chi connectivity index (χ1) is 21.3. The van der Waals surface area contributed by atoms with E-state index in [1.165, 1.54) is 55.9 Å². The van der Waals surface area contributed by atoms with E-state index in [1.54, 1.807) is 0 Å². The maximum absolute atomic E-state index is 2.35. The van der Waals surface area contributed by atoms with Crippen molar-refractivity contribution in [1.82, 2.24) is 0 Å². The van der Waals surface area contributed by atoms with E-state index in [0.717, 1.165) is 22.7 Å². The van der Waals surface area contributed by atoms with Crippen molar-refractivity contribution in [2.45, 2.75) is 41.5 Å². The minimum Gasteiger partial charge on any atom is -0.310 e. The summed E-state index contributed by atoms with van der Waals surface area (Å²) in [5.74, 6) is 0. The van der Waals surface area contributed by atoms with Crippen molar-refractivity contribution in [2.75, 3.05) is 9.80 Å². The van der Waals surface area contributed by atoms with Crippen LogP contribution in [0, 0.1) is 41.5 Å². The lowest BCUT2D eigenvalue weighted by Gasteiger charge is -2.28. The minimum absolute atomic E-state index is 1.16. The molecule has 218 valence electrons. The number of hydrogen-bond donors (Lipinski definition) is 0. The zero-order valence-electron chi connectivity index (χ0n) is 26.6. The summed E-state index contributed by atoms with van der Waals surface area (Å²) in [6.07, 6.45) is 0. The van der Waals surface area contributed by atoms with Crippen molar-refractivity contribution in [2.24, 2.45) is 0 Å². The SMILES string of the molecule is Cc1ccc(N(c2ccc(C)cc2)c2ccc(-c3ccc(N(c4ccc(C)cc4)c4ccc(C)cc4)c(C)c3)cc2C)cc1. The standard InChI is InChI=1S/C42H40N2/c1-29-7-17-37(18-8-29)43(38-19-9-30(2)10-20-38)41-25-15-35(27-33(41)5)36-16-26-42(34(6)28-36)44(39-21-11-31(3)12-22-39)40-23-13-32(4)14-24-40/h7-28H,1-6H3. The van der Waals surface area contributed by atoms with Crippen LogP contribution in [-0.2, 0) is 0 Å². The Morgan fingerprint density at radius 1 is 0.295 bits per heavy atom. The quantitative estimate of drug-likeness (QED) is 0.188. The molecular formula is C42H40N2. The van der Waals surface area contributed by atoms with E-state index >= 15 is 0 Å². The van der Waals surface area contributed by atoms with E-state index in [2.05, 4.69) is 185 Å². The summed E-state index contributed by atoms with van der Waals surface area (Å²) in [6.45, 7) is 13.0. The molecule has 0 aliphatic heterocycles. The molecule has 0 fully saturated rings. The van der Waals surface area contributed by atoms with Crippen molar-refractivity contribution in [3.8, 4) is 11.1 Å². The molecule has 0 N–H and O–H groups in total. The van der Waals surface area contributed by atoms with Crippen LogP contribution >= 0.6 is 0 Å². The molecule has 2 nitrogen and oxygen atoms in total. The van der Waals surface area contributed by atoms with E-state index in [9.17, 15) is 0 Å². The zero-order chi connectivity index (χ0) is 30.8. The first kappa shape index (κ1) is 29.0. The third kappa shape index (κ3) is 6.02. The molecule has 0 aliphatic rings. The van der Waals surface area contributed by atoms with Crippen molar-refractivity contribution < 1.29 is 0 Å². The molecule has 0 radical (unpaired) electrons. The monoisotopic (exact) mass is 572 g/mol. The Hall–Kier alpha value is -5.08. The van der Waals surface area contributed by atoms with Crippen LogP contribution in [0.2, 0.25) is 0 Å². The predicted octanol–water partition coefficient (Wildman–Crippen LogP) is 12.1. The fraction of sp³-hybridized carbons (Fsp3) is 0.143. The number of anilines is 6. The molecule has 6 aromatic carbocycles. The van der Waals surface area contributed by atoms with E-state index in [4.69, 9.17) is 0 Å². The van der Waals surface area contributed by atoms with Gasteiger partial charge < -0.3 is 9.80 Å². The molecule has 44 heavy (non-hydrogen) atoms.